The van der Waals surface area contributed by atoms with E-state index in [0.29, 0.717) is 31.2 Å². The van der Waals surface area contributed by atoms with E-state index in [0.717, 1.165) is 12.2 Å². The largest absolute Gasteiger partial charge is 0.513 e. The Morgan fingerprint density at radius 1 is 0.619 bits per heavy atom. The van der Waals surface area contributed by atoms with Gasteiger partial charge in [0.2, 0.25) is 0 Å². The first kappa shape index (κ1) is 33.1. The van der Waals surface area contributed by atoms with E-state index in [4.69, 9.17) is 33.2 Å². The first-order chi connectivity index (χ1) is 20.2. The minimum Gasteiger partial charge on any atom is -0.463 e. The Labute approximate surface area is 242 Å². The fraction of sp³-hybridized carbons (Fsp3) is 0.300. The van der Waals surface area contributed by atoms with Crippen LogP contribution in [0.3, 0.4) is 0 Å². The maximum atomic E-state index is 12.5. The highest BCUT2D eigenvalue weighted by Gasteiger charge is 2.14. The number of ether oxygens (including phenoxy) is 7. The predicted molar refractivity (Wildman–Crippen MR) is 147 cm³/mol. The van der Waals surface area contributed by atoms with E-state index < -0.39 is 30.2 Å². The number of aryl methyl sites for hydroxylation is 1. The van der Waals surface area contributed by atoms with Gasteiger partial charge in [0.15, 0.2) is 0 Å². The zero-order chi connectivity index (χ0) is 30.7. The van der Waals surface area contributed by atoms with Crippen molar-refractivity contribution < 1.29 is 57.1 Å². The second kappa shape index (κ2) is 18.3. The molecule has 224 valence electrons. The van der Waals surface area contributed by atoms with Gasteiger partial charge in [-0.15, -0.1) is 0 Å². The average Bonchev–Trinajstić information content (AvgIpc) is 2.98. The van der Waals surface area contributed by atoms with Crippen molar-refractivity contribution in [2.45, 2.75) is 32.6 Å². The normalized spacial score (nSPS) is 10.0. The molecule has 2 aromatic carbocycles. The Morgan fingerprint density at radius 3 is 1.60 bits per heavy atom. The molecule has 2 aromatic rings. The van der Waals surface area contributed by atoms with E-state index in [-0.39, 0.29) is 49.2 Å². The molecule has 0 aliphatic rings. The van der Waals surface area contributed by atoms with Crippen LogP contribution < -0.4 is 14.2 Å². The Kier molecular flexibility index (Phi) is 14.4. The fourth-order valence-electron chi connectivity index (χ4n) is 3.05. The molecular weight excluding hydrogens is 552 g/mol. The number of carbonyl (C=O) groups excluding carboxylic acids is 5. The Hall–Kier alpha value is -5.13. The average molecular weight is 585 g/mol. The third-order valence-electron chi connectivity index (χ3n) is 5.18. The van der Waals surface area contributed by atoms with Crippen LogP contribution in [-0.2, 0) is 28.5 Å². The molecule has 0 radical (unpaired) electrons. The standard InChI is InChI=1S/C30H32O12/c1-4-26(31)36-16-6-8-18-38-29(34)41-23-12-10-22(11-13-23)28(33)40-24-14-15-25(21(3)20-24)42-30(35)39-19-9-7-17-37-27(32)5-2/h4-5,10-15,20H,1-2,6-9,16-19H2,3H3. The van der Waals surface area contributed by atoms with Crippen LogP contribution in [0.1, 0.15) is 41.6 Å². The van der Waals surface area contributed by atoms with Crippen molar-refractivity contribution in [2.24, 2.45) is 0 Å². The quantitative estimate of drug-likeness (QED) is 0.0632. The van der Waals surface area contributed by atoms with Crippen molar-refractivity contribution >= 4 is 30.2 Å². The van der Waals surface area contributed by atoms with Crippen LogP contribution >= 0.6 is 0 Å². The van der Waals surface area contributed by atoms with Crippen molar-refractivity contribution in [1.82, 2.24) is 0 Å². The van der Waals surface area contributed by atoms with Gasteiger partial charge in [-0.05, 0) is 80.6 Å². The lowest BCUT2D eigenvalue weighted by atomic mass is 10.2. The number of unbranched alkanes of at least 4 members (excludes halogenated alkanes) is 2. The number of rotatable bonds is 16. The summed E-state index contributed by atoms with van der Waals surface area (Å²) in [4.78, 5) is 58.2. The molecule has 0 unspecified atom stereocenters. The molecule has 0 spiro atoms. The van der Waals surface area contributed by atoms with Crippen LogP contribution in [0.2, 0.25) is 0 Å². The topological polar surface area (TPSA) is 150 Å². The van der Waals surface area contributed by atoms with Crippen molar-refractivity contribution in [1.29, 1.82) is 0 Å². The number of carbonyl (C=O) groups is 5. The highest BCUT2D eigenvalue weighted by molar-refractivity contribution is 5.91. The molecule has 42 heavy (non-hydrogen) atoms. The lowest BCUT2D eigenvalue weighted by Gasteiger charge is -2.10. The third-order valence-corrected chi connectivity index (χ3v) is 5.18. The molecule has 0 saturated carbocycles. The second-order valence-electron chi connectivity index (χ2n) is 8.40. The number of esters is 3. The Bertz CT molecular complexity index is 1250. The zero-order valence-electron chi connectivity index (χ0n) is 23.2. The van der Waals surface area contributed by atoms with E-state index in [1.165, 1.54) is 42.5 Å². The van der Waals surface area contributed by atoms with E-state index in [1.807, 2.05) is 0 Å². The predicted octanol–water partition coefficient (Wildman–Crippen LogP) is 5.26. The van der Waals surface area contributed by atoms with Gasteiger partial charge in [0.05, 0.1) is 32.0 Å². The van der Waals surface area contributed by atoms with Crippen molar-refractivity contribution in [2.75, 3.05) is 26.4 Å². The van der Waals surface area contributed by atoms with Gasteiger partial charge in [-0.2, -0.15) is 0 Å². The van der Waals surface area contributed by atoms with Gasteiger partial charge >= 0.3 is 30.2 Å². The molecule has 0 heterocycles. The molecular formula is C30H32O12. The number of hydrogen-bond acceptors (Lipinski definition) is 12. The minimum absolute atomic E-state index is 0.0793. The smallest absolute Gasteiger partial charge is 0.463 e. The molecule has 0 fully saturated rings. The summed E-state index contributed by atoms with van der Waals surface area (Å²) in [6.45, 7) is 8.79. The van der Waals surface area contributed by atoms with Gasteiger partial charge in [0.25, 0.3) is 0 Å². The molecule has 0 aromatic heterocycles. The SMILES string of the molecule is C=CC(=O)OCCCCOC(=O)Oc1ccc(C(=O)Oc2ccc(OC(=O)OCCCCOC(=O)C=C)c(C)c2)cc1. The van der Waals surface area contributed by atoms with E-state index in [1.54, 1.807) is 6.92 Å². The highest BCUT2D eigenvalue weighted by atomic mass is 16.7. The number of benzene rings is 2. The maximum Gasteiger partial charge on any atom is 0.513 e. The van der Waals surface area contributed by atoms with E-state index in [2.05, 4.69) is 13.2 Å². The molecule has 0 amide bonds. The van der Waals surface area contributed by atoms with Crippen molar-refractivity contribution in [3.05, 3.63) is 78.9 Å². The lowest BCUT2D eigenvalue weighted by Crippen LogP contribution is -2.13. The number of hydrogen-bond donors (Lipinski definition) is 0. The van der Waals surface area contributed by atoms with Crippen LogP contribution in [0, 0.1) is 6.92 Å². The molecule has 0 aliphatic heterocycles. The fourth-order valence-corrected chi connectivity index (χ4v) is 3.05. The molecule has 0 saturated heterocycles. The molecule has 0 aliphatic carbocycles. The van der Waals surface area contributed by atoms with E-state index >= 15 is 0 Å². The summed E-state index contributed by atoms with van der Waals surface area (Å²) >= 11 is 0. The molecule has 0 N–H and O–H groups in total. The Balaban J connectivity index is 1.73. The van der Waals surface area contributed by atoms with Gasteiger partial charge in [0, 0.05) is 12.2 Å². The second-order valence-corrected chi connectivity index (χ2v) is 8.40. The van der Waals surface area contributed by atoms with Gasteiger partial charge in [-0.3, -0.25) is 0 Å². The van der Waals surface area contributed by atoms with Crippen molar-refractivity contribution in [3.8, 4) is 17.2 Å². The van der Waals surface area contributed by atoms with Crippen LogP contribution in [0.5, 0.6) is 17.2 Å². The monoisotopic (exact) mass is 584 g/mol. The zero-order valence-corrected chi connectivity index (χ0v) is 23.2. The molecule has 0 bridgehead atoms. The highest BCUT2D eigenvalue weighted by Crippen LogP contribution is 2.25. The molecule has 12 heteroatoms. The summed E-state index contributed by atoms with van der Waals surface area (Å²) in [6, 6.07) is 10.1. The summed E-state index contributed by atoms with van der Waals surface area (Å²) in [5.41, 5.74) is 0.722. The van der Waals surface area contributed by atoms with Gasteiger partial charge in [-0.25, -0.2) is 24.0 Å². The van der Waals surface area contributed by atoms with Crippen molar-refractivity contribution in [3.63, 3.8) is 0 Å². The maximum absolute atomic E-state index is 12.5. The van der Waals surface area contributed by atoms with Gasteiger partial charge in [0.1, 0.15) is 17.2 Å². The minimum atomic E-state index is -0.915. The molecule has 12 nitrogen and oxygen atoms in total. The van der Waals surface area contributed by atoms with Crippen LogP contribution in [0.25, 0.3) is 0 Å². The summed E-state index contributed by atoms with van der Waals surface area (Å²) in [5.74, 6) is -1.08. The summed E-state index contributed by atoms with van der Waals surface area (Å²) in [6.07, 6.45) is 2.28. The molecule has 2 rings (SSSR count). The summed E-state index contributed by atoms with van der Waals surface area (Å²) < 4.78 is 35.2. The Morgan fingerprint density at radius 2 is 1.10 bits per heavy atom. The van der Waals surface area contributed by atoms with Gasteiger partial charge < -0.3 is 33.2 Å². The first-order valence-corrected chi connectivity index (χ1v) is 12.9. The first-order valence-electron chi connectivity index (χ1n) is 12.9. The summed E-state index contributed by atoms with van der Waals surface area (Å²) in [7, 11) is 0. The van der Waals surface area contributed by atoms with Gasteiger partial charge in [-0.1, -0.05) is 13.2 Å². The van der Waals surface area contributed by atoms with E-state index in [9.17, 15) is 24.0 Å². The van der Waals surface area contributed by atoms with Crippen LogP contribution in [-0.4, -0.2) is 56.6 Å². The summed E-state index contributed by atoms with van der Waals surface area (Å²) in [5, 5.41) is 0. The lowest BCUT2D eigenvalue weighted by molar-refractivity contribution is -0.138. The van der Waals surface area contributed by atoms with Crippen LogP contribution in [0.15, 0.2) is 67.8 Å². The third kappa shape index (κ3) is 12.8. The molecule has 0 atom stereocenters. The van der Waals surface area contributed by atoms with Crippen LogP contribution in [0.4, 0.5) is 9.59 Å².